The second kappa shape index (κ2) is 8.37. The van der Waals surface area contributed by atoms with Crippen molar-refractivity contribution in [1.82, 2.24) is 0 Å². The van der Waals surface area contributed by atoms with Crippen molar-refractivity contribution >= 4 is 11.9 Å². The molecule has 4 aliphatic rings. The van der Waals surface area contributed by atoms with Crippen LogP contribution in [0.25, 0.3) is 0 Å². The zero-order valence-electron chi connectivity index (χ0n) is 20.5. The van der Waals surface area contributed by atoms with Crippen molar-refractivity contribution in [2.45, 2.75) is 105 Å². The first-order valence-electron chi connectivity index (χ1n) is 13.0. The number of carbonyl (C=O) groups excluding carboxylic acids is 2. The van der Waals surface area contributed by atoms with Crippen molar-refractivity contribution in [3.8, 4) is 0 Å². The fraction of sp³-hybridized carbons (Fsp3) is 0.926. The van der Waals surface area contributed by atoms with E-state index in [9.17, 15) is 9.59 Å². The summed E-state index contributed by atoms with van der Waals surface area (Å²) in [7, 11) is 0. The van der Waals surface area contributed by atoms with Crippen LogP contribution in [0.1, 0.15) is 98.8 Å². The maximum absolute atomic E-state index is 12.1. The van der Waals surface area contributed by atoms with E-state index in [0.29, 0.717) is 52.8 Å². The summed E-state index contributed by atoms with van der Waals surface area (Å²) >= 11 is 0. The van der Waals surface area contributed by atoms with Crippen molar-refractivity contribution in [1.29, 1.82) is 0 Å². The summed E-state index contributed by atoms with van der Waals surface area (Å²) in [6.07, 6.45) is 11.6. The lowest BCUT2D eigenvalue weighted by Gasteiger charge is -2.63. The first-order valence-corrected chi connectivity index (χ1v) is 13.0. The molecule has 4 rings (SSSR count). The van der Waals surface area contributed by atoms with Crippen LogP contribution in [0, 0.1) is 52.3 Å². The minimum Gasteiger partial charge on any atom is -0.462 e. The summed E-state index contributed by atoms with van der Waals surface area (Å²) in [5.41, 5.74) is 6.16. The monoisotopic (exact) mass is 431 g/mol. The molecular formula is C27H45NO3. The lowest BCUT2D eigenvalue weighted by atomic mass is 9.43. The molecule has 0 aromatic rings. The predicted molar refractivity (Wildman–Crippen MR) is 123 cm³/mol. The number of hydrogen-bond acceptors (Lipinski definition) is 3. The molecule has 4 nitrogen and oxygen atoms in total. The zero-order chi connectivity index (χ0) is 22.6. The van der Waals surface area contributed by atoms with Crippen LogP contribution < -0.4 is 5.73 Å². The largest absolute Gasteiger partial charge is 0.462 e. The van der Waals surface area contributed by atoms with E-state index in [0.717, 1.165) is 18.8 Å². The molecule has 0 unspecified atom stereocenters. The van der Waals surface area contributed by atoms with E-state index in [1.54, 1.807) is 6.92 Å². The highest BCUT2D eigenvalue weighted by atomic mass is 16.5. The number of esters is 1. The maximum Gasteiger partial charge on any atom is 0.302 e. The van der Waals surface area contributed by atoms with Crippen LogP contribution in [-0.2, 0) is 14.3 Å². The second-order valence-corrected chi connectivity index (χ2v) is 12.5. The molecule has 0 aromatic heterocycles. The van der Waals surface area contributed by atoms with Gasteiger partial charge in [-0.1, -0.05) is 34.1 Å². The summed E-state index contributed by atoms with van der Waals surface area (Å²) in [5.74, 6) is 4.19. The van der Waals surface area contributed by atoms with E-state index in [-0.39, 0.29) is 18.0 Å². The van der Waals surface area contributed by atoms with Gasteiger partial charge in [0.1, 0.15) is 6.10 Å². The quantitative estimate of drug-likeness (QED) is 0.566. The topological polar surface area (TPSA) is 69.4 Å². The van der Waals surface area contributed by atoms with Crippen LogP contribution in [0.3, 0.4) is 0 Å². The van der Waals surface area contributed by atoms with Crippen molar-refractivity contribution in [2.24, 2.45) is 58.0 Å². The molecule has 0 saturated heterocycles. The molecule has 4 aliphatic carbocycles. The third kappa shape index (κ3) is 3.95. The van der Waals surface area contributed by atoms with Crippen LogP contribution >= 0.6 is 0 Å². The first-order chi connectivity index (χ1) is 14.6. The van der Waals surface area contributed by atoms with E-state index in [4.69, 9.17) is 10.5 Å². The van der Waals surface area contributed by atoms with Gasteiger partial charge >= 0.3 is 5.97 Å². The second-order valence-electron chi connectivity index (χ2n) is 12.5. The van der Waals surface area contributed by atoms with E-state index >= 15 is 0 Å². The Morgan fingerprint density at radius 1 is 1.03 bits per heavy atom. The summed E-state index contributed by atoms with van der Waals surface area (Å²) in [6.45, 7) is 11.4. The molecular weight excluding hydrogens is 386 g/mol. The number of ether oxygens (including phenoxy) is 1. The van der Waals surface area contributed by atoms with Crippen LogP contribution in [-0.4, -0.2) is 18.0 Å². The van der Waals surface area contributed by atoms with E-state index in [2.05, 4.69) is 27.7 Å². The molecule has 0 heterocycles. The Labute approximate surface area is 189 Å². The molecule has 176 valence electrons. The standard InChI is InChI=1S/C27H45NO3/c1-16-10-12-26(4)19(14-16)15-23(31-18(3)29)25-21-8-7-20(17(2)6-9-24(28)30)27(21,5)13-11-22(25)26/h16-17,19-23,25H,6-15H2,1-5H3,(H2,28,30)/t16-,17-,19+,20-,21+,22+,23-,25+,26+,27-/m1/s1. The molecule has 0 aliphatic heterocycles. The van der Waals surface area contributed by atoms with Crippen LogP contribution in [0.15, 0.2) is 0 Å². The van der Waals surface area contributed by atoms with Gasteiger partial charge in [-0.15, -0.1) is 0 Å². The minimum atomic E-state index is -0.178. The van der Waals surface area contributed by atoms with Crippen LogP contribution in [0.2, 0.25) is 0 Å². The SMILES string of the molecule is CC(=O)O[C@@H]1C[C@@H]2C[C@H](C)CC[C@]2(C)[C@H]2CC[C@]3(C)[C@@H]([C@H](C)CCC(N)=O)CC[C@H]3[C@H]12. The summed E-state index contributed by atoms with van der Waals surface area (Å²) in [6, 6.07) is 0. The number of rotatable bonds is 5. The van der Waals surface area contributed by atoms with Crippen molar-refractivity contribution in [3.63, 3.8) is 0 Å². The normalized spacial score (nSPS) is 47.6. The molecule has 0 spiro atoms. The summed E-state index contributed by atoms with van der Waals surface area (Å²) in [5, 5.41) is 0. The fourth-order valence-corrected chi connectivity index (χ4v) is 9.29. The third-order valence-corrected chi connectivity index (χ3v) is 10.8. The number of hydrogen-bond donors (Lipinski definition) is 1. The summed E-state index contributed by atoms with van der Waals surface area (Å²) < 4.78 is 6.12. The number of primary amides is 1. The smallest absolute Gasteiger partial charge is 0.302 e. The molecule has 10 atom stereocenters. The molecule has 4 heteroatoms. The number of fused-ring (bicyclic) bond motifs is 5. The fourth-order valence-electron chi connectivity index (χ4n) is 9.29. The van der Waals surface area contributed by atoms with Gasteiger partial charge in [-0.05, 0) is 97.7 Å². The Kier molecular flexibility index (Phi) is 6.24. The highest BCUT2D eigenvalue weighted by Crippen LogP contribution is 2.69. The third-order valence-electron chi connectivity index (χ3n) is 10.8. The lowest BCUT2D eigenvalue weighted by Crippen LogP contribution is -2.59. The molecule has 4 fully saturated rings. The van der Waals surface area contributed by atoms with Gasteiger partial charge < -0.3 is 10.5 Å². The average molecular weight is 432 g/mol. The van der Waals surface area contributed by atoms with E-state index < -0.39 is 0 Å². The highest BCUT2D eigenvalue weighted by molar-refractivity contribution is 5.73. The number of nitrogens with two attached hydrogens (primary N) is 1. The van der Waals surface area contributed by atoms with Gasteiger partial charge in [0, 0.05) is 19.3 Å². The molecule has 4 saturated carbocycles. The molecule has 0 bridgehead atoms. The van der Waals surface area contributed by atoms with E-state index in [1.165, 1.54) is 44.9 Å². The zero-order valence-corrected chi connectivity index (χ0v) is 20.5. The molecule has 0 aromatic carbocycles. The van der Waals surface area contributed by atoms with Crippen molar-refractivity contribution < 1.29 is 14.3 Å². The van der Waals surface area contributed by atoms with Gasteiger partial charge in [-0.2, -0.15) is 0 Å². The number of amides is 1. The molecule has 31 heavy (non-hydrogen) atoms. The Balaban J connectivity index is 1.62. The van der Waals surface area contributed by atoms with E-state index in [1.807, 2.05) is 0 Å². The first kappa shape index (κ1) is 23.1. The van der Waals surface area contributed by atoms with Crippen LogP contribution in [0.4, 0.5) is 0 Å². The maximum atomic E-state index is 12.1. The van der Waals surface area contributed by atoms with Gasteiger partial charge in [0.2, 0.25) is 5.91 Å². The average Bonchev–Trinajstić information content (AvgIpc) is 3.04. The van der Waals surface area contributed by atoms with Crippen molar-refractivity contribution in [3.05, 3.63) is 0 Å². The van der Waals surface area contributed by atoms with Crippen molar-refractivity contribution in [2.75, 3.05) is 0 Å². The van der Waals surface area contributed by atoms with Gasteiger partial charge in [0.15, 0.2) is 0 Å². The Bertz CT molecular complexity index is 707. The Hall–Kier alpha value is -1.06. The molecule has 1 amide bonds. The number of carbonyl (C=O) groups is 2. The lowest BCUT2D eigenvalue weighted by molar-refractivity contribution is -0.191. The minimum absolute atomic E-state index is 0.0928. The van der Waals surface area contributed by atoms with Gasteiger partial charge in [0.25, 0.3) is 0 Å². The Morgan fingerprint density at radius 3 is 2.39 bits per heavy atom. The predicted octanol–water partition coefficient (Wildman–Crippen LogP) is 5.72. The van der Waals surface area contributed by atoms with Crippen LogP contribution in [0.5, 0.6) is 0 Å². The van der Waals surface area contributed by atoms with Gasteiger partial charge in [-0.25, -0.2) is 0 Å². The summed E-state index contributed by atoms with van der Waals surface area (Å²) in [4.78, 5) is 23.5. The molecule has 2 N–H and O–H groups in total. The highest BCUT2D eigenvalue weighted by Gasteiger charge is 2.63. The Morgan fingerprint density at radius 2 is 1.71 bits per heavy atom. The van der Waals surface area contributed by atoms with Gasteiger partial charge in [-0.3, -0.25) is 9.59 Å². The molecule has 0 radical (unpaired) electrons. The van der Waals surface area contributed by atoms with Gasteiger partial charge in [0.05, 0.1) is 0 Å².